The van der Waals surface area contributed by atoms with E-state index in [-0.39, 0.29) is 0 Å². The lowest BCUT2D eigenvalue weighted by molar-refractivity contribution is 0.275. The van der Waals surface area contributed by atoms with Gasteiger partial charge in [0, 0.05) is 0 Å². The van der Waals surface area contributed by atoms with Gasteiger partial charge in [-0.1, -0.05) is 36.4 Å². The molecule has 0 bridgehead atoms. The first-order chi connectivity index (χ1) is 6.47. The Kier molecular flexibility index (Phi) is 3.61. The summed E-state index contributed by atoms with van der Waals surface area (Å²) in [6.07, 6.45) is 5.50. The van der Waals surface area contributed by atoms with E-state index in [0.717, 1.165) is 6.42 Å². The van der Waals surface area contributed by atoms with E-state index in [1.165, 1.54) is 11.1 Å². The van der Waals surface area contributed by atoms with Crippen LogP contribution in [0.15, 0.2) is 30.3 Å². The number of phosphoric acid groups is 1. The minimum atomic E-state index is -4.64. The molecule has 0 radical (unpaired) electrons. The van der Waals surface area contributed by atoms with Crippen molar-refractivity contribution < 1.29 is 19.2 Å². The molecule has 3 N–H and O–H groups in total. The van der Waals surface area contributed by atoms with Crippen molar-refractivity contribution in [2.45, 2.75) is 6.42 Å². The first-order valence-corrected chi connectivity index (χ1v) is 5.56. The van der Waals surface area contributed by atoms with Crippen molar-refractivity contribution in [3.05, 3.63) is 41.5 Å². The van der Waals surface area contributed by atoms with Crippen molar-refractivity contribution in [2.75, 3.05) is 0 Å². The molecule has 0 atom stereocenters. The van der Waals surface area contributed by atoms with Gasteiger partial charge >= 0.3 is 7.82 Å². The Morgan fingerprint density at radius 2 is 1.71 bits per heavy atom. The van der Waals surface area contributed by atoms with E-state index >= 15 is 0 Å². The van der Waals surface area contributed by atoms with Crippen LogP contribution in [0, 0.1) is 0 Å². The van der Waals surface area contributed by atoms with Crippen molar-refractivity contribution in [2.24, 2.45) is 0 Å². The molecule has 4 nitrogen and oxygen atoms in total. The van der Waals surface area contributed by atoms with E-state index in [0.29, 0.717) is 0 Å². The van der Waals surface area contributed by atoms with Gasteiger partial charge in [-0.15, -0.1) is 0 Å². The lowest BCUT2D eigenvalue weighted by atomic mass is 10.1. The Balaban J connectivity index is 0.000000171. The molecule has 76 valence electrons. The minimum Gasteiger partial charge on any atom is -0.303 e. The number of allylic oxidation sites excluding steroid dienone is 1. The fourth-order valence-corrected chi connectivity index (χ4v) is 1.20. The Morgan fingerprint density at radius 1 is 1.14 bits per heavy atom. The molecule has 5 heteroatoms. The molecule has 0 spiro atoms. The smallest absolute Gasteiger partial charge is 0.303 e. The van der Waals surface area contributed by atoms with E-state index < -0.39 is 7.82 Å². The molecule has 0 saturated heterocycles. The maximum atomic E-state index is 8.88. The third kappa shape index (κ3) is 4.35. The van der Waals surface area contributed by atoms with Crippen molar-refractivity contribution >= 4 is 13.9 Å². The molecule has 0 saturated carbocycles. The predicted molar refractivity (Wildman–Crippen MR) is 53.4 cm³/mol. The SMILES string of the molecule is C1=Cc2ccccc2C1.O=P(O)(O)O. The molecule has 0 heterocycles. The highest BCUT2D eigenvalue weighted by atomic mass is 31.2. The van der Waals surface area contributed by atoms with E-state index in [4.69, 9.17) is 19.2 Å². The number of rotatable bonds is 0. The van der Waals surface area contributed by atoms with Crippen molar-refractivity contribution in [3.63, 3.8) is 0 Å². The van der Waals surface area contributed by atoms with Gasteiger partial charge in [0.25, 0.3) is 0 Å². The highest BCUT2D eigenvalue weighted by Crippen LogP contribution is 2.25. The molecule has 14 heavy (non-hydrogen) atoms. The highest BCUT2D eigenvalue weighted by molar-refractivity contribution is 7.45. The molecule has 1 aromatic rings. The van der Waals surface area contributed by atoms with Gasteiger partial charge < -0.3 is 14.7 Å². The Labute approximate surface area is 81.8 Å². The summed E-state index contributed by atoms with van der Waals surface area (Å²) in [6.45, 7) is 0. The normalized spacial score (nSPS) is 13.1. The number of benzene rings is 1. The van der Waals surface area contributed by atoms with Gasteiger partial charge in [0.1, 0.15) is 0 Å². The standard InChI is InChI=1S/C9H8.H3O4P/c1-2-5-9-7-3-6-8(9)4-1;1-5(2,3)4/h1-6H,7H2;(H3,1,2,3,4). The maximum Gasteiger partial charge on any atom is 0.466 e. The predicted octanol–water partition coefficient (Wildman–Crippen LogP) is 1.33. The van der Waals surface area contributed by atoms with Gasteiger partial charge in [0.15, 0.2) is 0 Å². The van der Waals surface area contributed by atoms with Crippen LogP contribution in [-0.4, -0.2) is 14.7 Å². The average molecular weight is 214 g/mol. The summed E-state index contributed by atoms with van der Waals surface area (Å²) in [4.78, 5) is 21.6. The van der Waals surface area contributed by atoms with E-state index in [2.05, 4.69) is 36.4 Å². The molecule has 2 rings (SSSR count). The van der Waals surface area contributed by atoms with Gasteiger partial charge in [0.05, 0.1) is 0 Å². The van der Waals surface area contributed by atoms with E-state index in [1.807, 2.05) is 0 Å². The van der Waals surface area contributed by atoms with Crippen LogP contribution in [0.3, 0.4) is 0 Å². The summed E-state index contributed by atoms with van der Waals surface area (Å²) in [6, 6.07) is 8.49. The van der Waals surface area contributed by atoms with Crippen LogP contribution in [-0.2, 0) is 11.0 Å². The summed E-state index contributed by atoms with van der Waals surface area (Å²) in [5, 5.41) is 0. The molecule has 1 aliphatic carbocycles. The Bertz CT molecular complexity index is 372. The Morgan fingerprint density at radius 3 is 2.29 bits per heavy atom. The van der Waals surface area contributed by atoms with Crippen LogP contribution in [0.25, 0.3) is 6.08 Å². The molecular weight excluding hydrogens is 203 g/mol. The fourth-order valence-electron chi connectivity index (χ4n) is 1.20. The second-order valence-corrected chi connectivity index (χ2v) is 3.85. The van der Waals surface area contributed by atoms with Crippen molar-refractivity contribution in [3.8, 4) is 0 Å². The van der Waals surface area contributed by atoms with Gasteiger partial charge in [-0.3, -0.25) is 0 Å². The van der Waals surface area contributed by atoms with Crippen molar-refractivity contribution in [1.82, 2.24) is 0 Å². The van der Waals surface area contributed by atoms with Gasteiger partial charge in [-0.25, -0.2) is 4.57 Å². The second-order valence-electron chi connectivity index (χ2n) is 2.82. The quantitative estimate of drug-likeness (QED) is 0.569. The molecule has 0 aromatic heterocycles. The lowest BCUT2D eigenvalue weighted by Crippen LogP contribution is -1.76. The van der Waals surface area contributed by atoms with Crippen LogP contribution < -0.4 is 0 Å². The van der Waals surface area contributed by atoms with Crippen LogP contribution in [0.2, 0.25) is 0 Å². The Hall–Kier alpha value is -0.930. The molecule has 0 aliphatic heterocycles. The topological polar surface area (TPSA) is 77.8 Å². The third-order valence-electron chi connectivity index (χ3n) is 1.69. The molecular formula is C9H11O4P. The van der Waals surface area contributed by atoms with Crippen LogP contribution >= 0.6 is 7.82 Å². The summed E-state index contributed by atoms with van der Waals surface area (Å²) < 4.78 is 8.88. The summed E-state index contributed by atoms with van der Waals surface area (Å²) in [7, 11) is -4.64. The van der Waals surface area contributed by atoms with Crippen LogP contribution in [0.4, 0.5) is 0 Å². The lowest BCUT2D eigenvalue weighted by Gasteiger charge is -1.93. The first-order valence-electron chi connectivity index (χ1n) is 3.99. The number of hydrogen-bond acceptors (Lipinski definition) is 1. The van der Waals surface area contributed by atoms with E-state index in [9.17, 15) is 0 Å². The third-order valence-corrected chi connectivity index (χ3v) is 1.69. The minimum absolute atomic E-state index is 1.12. The second kappa shape index (κ2) is 4.53. The van der Waals surface area contributed by atoms with Crippen molar-refractivity contribution in [1.29, 1.82) is 0 Å². The maximum absolute atomic E-state index is 8.88. The average Bonchev–Trinajstić information content (AvgIpc) is 2.47. The molecule has 1 aromatic carbocycles. The van der Waals surface area contributed by atoms with E-state index in [1.54, 1.807) is 0 Å². The largest absolute Gasteiger partial charge is 0.466 e. The zero-order valence-electron chi connectivity index (χ0n) is 7.37. The highest BCUT2D eigenvalue weighted by Gasteiger charge is 2.00. The monoisotopic (exact) mass is 214 g/mol. The summed E-state index contributed by atoms with van der Waals surface area (Å²) in [5.74, 6) is 0. The molecule has 1 aliphatic rings. The zero-order chi connectivity index (χ0) is 10.6. The summed E-state index contributed by atoms with van der Waals surface area (Å²) in [5.41, 5.74) is 2.84. The molecule has 0 fully saturated rings. The van der Waals surface area contributed by atoms with Gasteiger partial charge in [0.2, 0.25) is 0 Å². The number of hydrogen-bond donors (Lipinski definition) is 3. The summed E-state index contributed by atoms with van der Waals surface area (Å²) >= 11 is 0. The van der Waals surface area contributed by atoms with Gasteiger partial charge in [-0.2, -0.15) is 0 Å². The fraction of sp³-hybridized carbons (Fsp3) is 0.111. The zero-order valence-corrected chi connectivity index (χ0v) is 8.26. The molecule has 0 amide bonds. The van der Waals surface area contributed by atoms with Crippen LogP contribution in [0.1, 0.15) is 11.1 Å². The molecule has 0 unspecified atom stereocenters. The number of fused-ring (bicyclic) bond motifs is 1. The van der Waals surface area contributed by atoms with Gasteiger partial charge in [-0.05, 0) is 17.5 Å². The first kappa shape index (κ1) is 11.1. The van der Waals surface area contributed by atoms with Crippen LogP contribution in [0.5, 0.6) is 0 Å².